The molecular formula is C12H14O2. The lowest BCUT2D eigenvalue weighted by molar-refractivity contribution is 0.0952. The minimum absolute atomic E-state index is 0.139. The first-order chi connectivity index (χ1) is 6.59. The van der Waals surface area contributed by atoms with Gasteiger partial charge in [0, 0.05) is 5.56 Å². The van der Waals surface area contributed by atoms with Crippen LogP contribution in [0.2, 0.25) is 0 Å². The second-order valence-corrected chi connectivity index (χ2v) is 3.96. The SMILES string of the molecule is Cc1cc(C)c(C(=O)C2CO2)c(C)c1. The standard InChI is InChI=1S/C12H14O2/c1-7-4-8(2)11(9(3)5-7)12(13)10-6-14-10/h4-5,10H,6H2,1-3H3. The molecule has 2 nitrogen and oxygen atoms in total. The molecule has 1 atom stereocenters. The number of carbonyl (C=O) groups is 1. The fourth-order valence-corrected chi connectivity index (χ4v) is 1.93. The fourth-order valence-electron chi connectivity index (χ4n) is 1.93. The van der Waals surface area contributed by atoms with E-state index >= 15 is 0 Å². The predicted octanol–water partition coefficient (Wildman–Crippen LogP) is 2.19. The lowest BCUT2D eigenvalue weighted by Crippen LogP contribution is -2.11. The average molecular weight is 190 g/mol. The van der Waals surface area contributed by atoms with Crippen LogP contribution in [0.25, 0.3) is 0 Å². The molecule has 1 heterocycles. The van der Waals surface area contributed by atoms with Crippen molar-refractivity contribution < 1.29 is 9.53 Å². The summed E-state index contributed by atoms with van der Waals surface area (Å²) in [6, 6.07) is 4.09. The van der Waals surface area contributed by atoms with Crippen molar-refractivity contribution in [3.63, 3.8) is 0 Å². The third kappa shape index (κ3) is 1.58. The number of benzene rings is 1. The Bertz CT molecular complexity index is 366. The zero-order valence-corrected chi connectivity index (χ0v) is 8.76. The van der Waals surface area contributed by atoms with Gasteiger partial charge in [-0.25, -0.2) is 0 Å². The zero-order valence-electron chi connectivity index (χ0n) is 8.76. The van der Waals surface area contributed by atoms with Crippen LogP contribution in [0.3, 0.4) is 0 Å². The van der Waals surface area contributed by atoms with E-state index in [4.69, 9.17) is 4.74 Å². The third-order valence-electron chi connectivity index (χ3n) is 2.55. The first-order valence-electron chi connectivity index (χ1n) is 4.83. The fraction of sp³-hybridized carbons (Fsp3) is 0.417. The molecule has 1 saturated heterocycles. The zero-order chi connectivity index (χ0) is 10.3. The van der Waals surface area contributed by atoms with Gasteiger partial charge in [-0.2, -0.15) is 0 Å². The van der Waals surface area contributed by atoms with Gasteiger partial charge in [-0.1, -0.05) is 17.7 Å². The molecule has 0 spiro atoms. The molecule has 0 radical (unpaired) electrons. The Labute approximate surface area is 83.9 Å². The summed E-state index contributed by atoms with van der Waals surface area (Å²) in [6.07, 6.45) is -0.171. The van der Waals surface area contributed by atoms with E-state index in [1.165, 1.54) is 5.56 Å². The Balaban J connectivity index is 2.45. The highest BCUT2D eigenvalue weighted by molar-refractivity contribution is 6.03. The van der Waals surface area contributed by atoms with E-state index in [0.29, 0.717) is 6.61 Å². The molecule has 1 aliphatic rings. The molecule has 1 unspecified atom stereocenters. The number of Topliss-reactive ketones (excluding diaryl/α,β-unsaturated/α-hetero) is 1. The summed E-state index contributed by atoms with van der Waals surface area (Å²) in [5, 5.41) is 0. The van der Waals surface area contributed by atoms with Crippen molar-refractivity contribution >= 4 is 5.78 Å². The van der Waals surface area contributed by atoms with Gasteiger partial charge in [0.25, 0.3) is 0 Å². The number of hydrogen-bond acceptors (Lipinski definition) is 2. The molecule has 0 N–H and O–H groups in total. The Kier molecular flexibility index (Phi) is 2.16. The number of ketones is 1. The second-order valence-electron chi connectivity index (χ2n) is 3.96. The molecule has 1 aromatic rings. The van der Waals surface area contributed by atoms with Gasteiger partial charge in [0.2, 0.25) is 0 Å². The molecular weight excluding hydrogens is 176 g/mol. The molecule has 2 rings (SSSR count). The first-order valence-corrected chi connectivity index (χ1v) is 4.83. The number of ether oxygens (including phenoxy) is 1. The van der Waals surface area contributed by atoms with Gasteiger partial charge >= 0.3 is 0 Å². The van der Waals surface area contributed by atoms with Gasteiger partial charge in [-0.15, -0.1) is 0 Å². The van der Waals surface area contributed by atoms with Crippen molar-refractivity contribution in [3.8, 4) is 0 Å². The molecule has 1 aromatic carbocycles. The molecule has 1 aliphatic heterocycles. The average Bonchev–Trinajstić information content (AvgIpc) is 2.83. The number of rotatable bonds is 2. The van der Waals surface area contributed by atoms with Crippen LogP contribution in [-0.2, 0) is 4.74 Å². The number of aryl methyl sites for hydroxylation is 3. The van der Waals surface area contributed by atoms with E-state index in [-0.39, 0.29) is 11.9 Å². The van der Waals surface area contributed by atoms with Gasteiger partial charge in [-0.3, -0.25) is 4.79 Å². The Morgan fingerprint density at radius 1 is 1.29 bits per heavy atom. The summed E-state index contributed by atoms with van der Waals surface area (Å²) >= 11 is 0. The Morgan fingerprint density at radius 3 is 2.21 bits per heavy atom. The van der Waals surface area contributed by atoms with Crippen LogP contribution in [0.5, 0.6) is 0 Å². The van der Waals surface area contributed by atoms with Gasteiger partial charge in [0.1, 0.15) is 6.10 Å². The van der Waals surface area contributed by atoms with E-state index in [2.05, 4.69) is 0 Å². The number of hydrogen-bond donors (Lipinski definition) is 0. The van der Waals surface area contributed by atoms with Crippen molar-refractivity contribution in [2.24, 2.45) is 0 Å². The maximum Gasteiger partial charge on any atom is 0.194 e. The lowest BCUT2D eigenvalue weighted by atomic mass is 9.95. The van der Waals surface area contributed by atoms with Crippen LogP contribution in [0.1, 0.15) is 27.0 Å². The van der Waals surface area contributed by atoms with Crippen LogP contribution in [0.15, 0.2) is 12.1 Å². The quantitative estimate of drug-likeness (QED) is 0.528. The Morgan fingerprint density at radius 2 is 1.79 bits per heavy atom. The Hall–Kier alpha value is -1.15. The molecule has 0 bridgehead atoms. The predicted molar refractivity (Wildman–Crippen MR) is 54.7 cm³/mol. The summed E-state index contributed by atoms with van der Waals surface area (Å²) in [4.78, 5) is 11.8. The first kappa shape index (κ1) is 9.41. The topological polar surface area (TPSA) is 29.6 Å². The molecule has 0 aliphatic carbocycles. The van der Waals surface area contributed by atoms with Crippen LogP contribution in [0, 0.1) is 20.8 Å². The summed E-state index contributed by atoms with van der Waals surface area (Å²) < 4.78 is 5.02. The highest BCUT2D eigenvalue weighted by Gasteiger charge is 2.33. The summed E-state index contributed by atoms with van der Waals surface area (Å²) in [6.45, 7) is 6.60. The summed E-state index contributed by atoms with van der Waals surface area (Å²) in [7, 11) is 0. The van der Waals surface area contributed by atoms with Gasteiger partial charge in [0.05, 0.1) is 6.61 Å². The minimum Gasteiger partial charge on any atom is -0.364 e. The monoisotopic (exact) mass is 190 g/mol. The van der Waals surface area contributed by atoms with Crippen LogP contribution in [0.4, 0.5) is 0 Å². The van der Waals surface area contributed by atoms with Crippen LogP contribution in [-0.4, -0.2) is 18.5 Å². The van der Waals surface area contributed by atoms with E-state index in [1.54, 1.807) is 0 Å². The lowest BCUT2D eigenvalue weighted by Gasteiger charge is -2.08. The minimum atomic E-state index is -0.171. The smallest absolute Gasteiger partial charge is 0.194 e. The maximum absolute atomic E-state index is 11.8. The largest absolute Gasteiger partial charge is 0.364 e. The molecule has 0 aromatic heterocycles. The molecule has 0 saturated carbocycles. The molecule has 14 heavy (non-hydrogen) atoms. The van der Waals surface area contributed by atoms with Gasteiger partial charge < -0.3 is 4.74 Å². The van der Waals surface area contributed by atoms with Gasteiger partial charge in [0.15, 0.2) is 5.78 Å². The molecule has 74 valence electrons. The molecule has 0 amide bonds. The summed E-state index contributed by atoms with van der Waals surface area (Å²) in [5.74, 6) is 0.139. The van der Waals surface area contributed by atoms with Crippen molar-refractivity contribution in [1.82, 2.24) is 0 Å². The van der Waals surface area contributed by atoms with Crippen molar-refractivity contribution in [2.45, 2.75) is 26.9 Å². The summed E-state index contributed by atoms with van der Waals surface area (Å²) in [5.41, 5.74) is 4.16. The highest BCUT2D eigenvalue weighted by Crippen LogP contribution is 2.23. The normalized spacial score (nSPS) is 19.5. The maximum atomic E-state index is 11.8. The van der Waals surface area contributed by atoms with E-state index < -0.39 is 0 Å². The van der Waals surface area contributed by atoms with Crippen molar-refractivity contribution in [2.75, 3.05) is 6.61 Å². The molecule has 2 heteroatoms. The van der Waals surface area contributed by atoms with Crippen LogP contribution >= 0.6 is 0 Å². The molecule has 1 fully saturated rings. The van der Waals surface area contributed by atoms with Crippen LogP contribution < -0.4 is 0 Å². The second kappa shape index (κ2) is 3.21. The number of carbonyl (C=O) groups excluding carboxylic acids is 1. The van der Waals surface area contributed by atoms with E-state index in [9.17, 15) is 4.79 Å². The number of epoxide rings is 1. The van der Waals surface area contributed by atoms with Gasteiger partial charge in [-0.05, 0) is 31.9 Å². The van der Waals surface area contributed by atoms with E-state index in [1.807, 2.05) is 32.9 Å². The van der Waals surface area contributed by atoms with Crippen molar-refractivity contribution in [1.29, 1.82) is 0 Å². The van der Waals surface area contributed by atoms with Crippen molar-refractivity contribution in [3.05, 3.63) is 34.4 Å². The highest BCUT2D eigenvalue weighted by atomic mass is 16.6. The third-order valence-corrected chi connectivity index (χ3v) is 2.55. The van der Waals surface area contributed by atoms with E-state index in [0.717, 1.165) is 16.7 Å².